The van der Waals surface area contributed by atoms with Gasteiger partial charge in [0.15, 0.2) is 11.8 Å². The SMILES string of the molecule is CN1/C(=C/C=C2\CCC(/C=C/C3=[N+](C)C4CCCCC4C3(C)C)=C2Cl)C(C)(C)C2CCCCC21. The molecule has 0 amide bonds. The van der Waals surface area contributed by atoms with Crippen molar-refractivity contribution in [3.63, 3.8) is 0 Å². The molecule has 0 aromatic carbocycles. The molecule has 0 spiro atoms. The summed E-state index contributed by atoms with van der Waals surface area (Å²) < 4.78 is 2.59. The van der Waals surface area contributed by atoms with Gasteiger partial charge in [0.1, 0.15) is 7.05 Å². The summed E-state index contributed by atoms with van der Waals surface area (Å²) in [6, 6.07) is 1.43. The largest absolute Gasteiger partial charge is 0.374 e. The third kappa shape index (κ3) is 3.87. The van der Waals surface area contributed by atoms with Crippen LogP contribution in [0.5, 0.6) is 0 Å². The summed E-state index contributed by atoms with van der Waals surface area (Å²) in [5.74, 6) is 1.58. The lowest BCUT2D eigenvalue weighted by molar-refractivity contribution is -0.538. The highest BCUT2D eigenvalue weighted by Crippen LogP contribution is 2.53. The second kappa shape index (κ2) is 8.99. The van der Waals surface area contributed by atoms with Crippen LogP contribution in [-0.4, -0.2) is 41.4 Å². The topological polar surface area (TPSA) is 6.25 Å². The van der Waals surface area contributed by atoms with Gasteiger partial charge in [-0.05, 0) is 75.5 Å². The van der Waals surface area contributed by atoms with Crippen LogP contribution >= 0.6 is 11.6 Å². The Morgan fingerprint density at radius 2 is 1.53 bits per heavy atom. The summed E-state index contributed by atoms with van der Waals surface area (Å²) in [6.45, 7) is 9.83. The molecule has 3 fully saturated rings. The summed E-state index contributed by atoms with van der Waals surface area (Å²) >= 11 is 6.97. The number of rotatable bonds is 3. The molecule has 0 aromatic heterocycles. The lowest BCUT2D eigenvalue weighted by atomic mass is 9.69. The number of nitrogens with zero attached hydrogens (tertiary/aromatic N) is 2. The fourth-order valence-corrected chi connectivity index (χ4v) is 8.83. The molecule has 2 aliphatic heterocycles. The number of likely N-dealkylation sites (tertiary alicyclic amines) is 1. The van der Waals surface area contributed by atoms with Crippen molar-refractivity contribution in [2.24, 2.45) is 22.7 Å². The Balaban J connectivity index is 1.37. The van der Waals surface area contributed by atoms with Gasteiger partial charge < -0.3 is 4.90 Å². The molecule has 0 N–H and O–H groups in total. The fraction of sp³-hybridized carbons (Fsp3) is 0.710. The highest BCUT2D eigenvalue weighted by atomic mass is 35.5. The Morgan fingerprint density at radius 3 is 2.24 bits per heavy atom. The first kappa shape index (κ1) is 24.4. The van der Waals surface area contributed by atoms with Crippen molar-refractivity contribution in [3.8, 4) is 0 Å². The maximum atomic E-state index is 6.97. The lowest BCUT2D eigenvalue weighted by Gasteiger charge is -2.33. The number of hydrogen-bond acceptors (Lipinski definition) is 1. The molecule has 2 heterocycles. The normalized spacial score (nSPS) is 37.4. The van der Waals surface area contributed by atoms with Crippen LogP contribution in [0.4, 0.5) is 0 Å². The molecule has 3 heteroatoms. The molecule has 5 rings (SSSR count). The maximum Gasteiger partial charge on any atom is 0.182 e. The molecule has 1 saturated heterocycles. The Hall–Kier alpha value is -1.28. The number of allylic oxidation sites excluding steroid dienone is 8. The predicted molar refractivity (Wildman–Crippen MR) is 145 cm³/mol. The Labute approximate surface area is 213 Å². The summed E-state index contributed by atoms with van der Waals surface area (Å²) in [4.78, 5) is 2.59. The summed E-state index contributed by atoms with van der Waals surface area (Å²) in [7, 11) is 4.63. The molecule has 2 nitrogen and oxygen atoms in total. The van der Waals surface area contributed by atoms with Crippen molar-refractivity contribution in [3.05, 3.63) is 46.2 Å². The molecule has 186 valence electrons. The molecular formula is C31H46ClN2+. The van der Waals surface area contributed by atoms with Crippen molar-refractivity contribution < 1.29 is 4.58 Å². The molecule has 4 atom stereocenters. The van der Waals surface area contributed by atoms with Crippen molar-refractivity contribution >= 4 is 17.3 Å². The third-order valence-electron chi connectivity index (χ3n) is 10.5. The zero-order valence-corrected chi connectivity index (χ0v) is 23.2. The van der Waals surface area contributed by atoms with E-state index in [2.05, 4.69) is 75.6 Å². The highest BCUT2D eigenvalue weighted by Gasteiger charge is 2.53. The zero-order valence-electron chi connectivity index (χ0n) is 22.5. The van der Waals surface area contributed by atoms with E-state index in [4.69, 9.17) is 11.6 Å². The van der Waals surface area contributed by atoms with Gasteiger partial charge in [0.25, 0.3) is 0 Å². The van der Waals surface area contributed by atoms with Gasteiger partial charge in [0.2, 0.25) is 0 Å². The van der Waals surface area contributed by atoms with Crippen LogP contribution < -0.4 is 0 Å². The predicted octanol–water partition coefficient (Wildman–Crippen LogP) is 7.85. The number of halogens is 1. The molecule has 34 heavy (non-hydrogen) atoms. The van der Waals surface area contributed by atoms with E-state index in [-0.39, 0.29) is 10.8 Å². The van der Waals surface area contributed by atoms with E-state index in [1.54, 1.807) is 0 Å². The second-order valence-corrected chi connectivity index (χ2v) is 13.3. The van der Waals surface area contributed by atoms with Gasteiger partial charge in [-0.2, -0.15) is 0 Å². The smallest absolute Gasteiger partial charge is 0.182 e. The summed E-state index contributed by atoms with van der Waals surface area (Å²) in [5, 5.41) is 0.987. The second-order valence-electron chi connectivity index (χ2n) is 12.9. The van der Waals surface area contributed by atoms with Crippen LogP contribution in [0, 0.1) is 22.7 Å². The molecule has 0 aromatic rings. The molecule has 2 saturated carbocycles. The number of fused-ring (bicyclic) bond motifs is 2. The Bertz CT molecular complexity index is 989. The molecule has 4 unspecified atom stereocenters. The first-order valence-electron chi connectivity index (χ1n) is 14.0. The molecule has 5 aliphatic rings. The van der Waals surface area contributed by atoms with E-state index in [1.807, 2.05) is 0 Å². The highest BCUT2D eigenvalue weighted by molar-refractivity contribution is 6.33. The fourth-order valence-electron chi connectivity index (χ4n) is 8.51. The Kier molecular flexibility index (Phi) is 6.45. The van der Waals surface area contributed by atoms with E-state index in [1.165, 1.54) is 73.9 Å². The number of hydrogen-bond donors (Lipinski definition) is 0. The molecule has 0 radical (unpaired) electrons. The minimum Gasteiger partial charge on any atom is -0.374 e. The van der Waals surface area contributed by atoms with Gasteiger partial charge in [0.05, 0.1) is 5.41 Å². The molecule has 3 aliphatic carbocycles. The first-order valence-corrected chi connectivity index (χ1v) is 14.3. The summed E-state index contributed by atoms with van der Waals surface area (Å²) in [6.07, 6.45) is 22.6. The van der Waals surface area contributed by atoms with Crippen LogP contribution in [0.1, 0.15) is 91.9 Å². The van der Waals surface area contributed by atoms with Crippen LogP contribution in [0.25, 0.3) is 0 Å². The standard InChI is InChI=1S/C31H46ClN2/c1-30(2)23-11-7-9-13-25(23)33(5)27(30)19-17-21-15-16-22(29(21)32)18-20-28-31(3,4)24-12-8-10-14-26(24)34(28)6/h17-20,23-26H,7-16H2,1-6H3/q+1. The first-order chi connectivity index (χ1) is 16.1. The quantitative estimate of drug-likeness (QED) is 0.372. The van der Waals surface area contributed by atoms with Gasteiger partial charge in [-0.15, -0.1) is 0 Å². The van der Waals surface area contributed by atoms with Crippen LogP contribution in [-0.2, 0) is 0 Å². The van der Waals surface area contributed by atoms with Gasteiger partial charge in [0, 0.05) is 47.6 Å². The average Bonchev–Trinajstić information content (AvgIpc) is 3.33. The lowest BCUT2D eigenvalue weighted by Crippen LogP contribution is -2.34. The average molecular weight is 482 g/mol. The van der Waals surface area contributed by atoms with Gasteiger partial charge in [-0.3, -0.25) is 0 Å². The van der Waals surface area contributed by atoms with Crippen molar-refractivity contribution in [2.75, 3.05) is 14.1 Å². The van der Waals surface area contributed by atoms with Crippen LogP contribution in [0.2, 0.25) is 0 Å². The van der Waals surface area contributed by atoms with Crippen molar-refractivity contribution in [2.45, 2.75) is 104 Å². The van der Waals surface area contributed by atoms with Gasteiger partial charge in [-0.1, -0.05) is 56.9 Å². The third-order valence-corrected chi connectivity index (χ3v) is 11.0. The summed E-state index contributed by atoms with van der Waals surface area (Å²) in [5.41, 5.74) is 6.12. The van der Waals surface area contributed by atoms with Crippen molar-refractivity contribution in [1.29, 1.82) is 0 Å². The minimum atomic E-state index is 0.250. The van der Waals surface area contributed by atoms with Crippen molar-refractivity contribution in [1.82, 2.24) is 4.90 Å². The van der Waals surface area contributed by atoms with E-state index < -0.39 is 0 Å². The minimum absolute atomic E-state index is 0.250. The Morgan fingerprint density at radius 1 is 0.853 bits per heavy atom. The van der Waals surface area contributed by atoms with Crippen LogP contribution in [0.15, 0.2) is 46.2 Å². The monoisotopic (exact) mass is 481 g/mol. The van der Waals surface area contributed by atoms with E-state index >= 15 is 0 Å². The van der Waals surface area contributed by atoms with Gasteiger partial charge >= 0.3 is 0 Å². The van der Waals surface area contributed by atoms with E-state index in [0.717, 1.165) is 29.7 Å². The molecule has 0 bridgehead atoms. The molecular weight excluding hydrogens is 436 g/mol. The zero-order chi connectivity index (χ0) is 24.3. The van der Waals surface area contributed by atoms with E-state index in [9.17, 15) is 0 Å². The van der Waals surface area contributed by atoms with E-state index in [0.29, 0.717) is 12.1 Å². The maximum absolute atomic E-state index is 6.97. The van der Waals surface area contributed by atoms with Gasteiger partial charge in [-0.25, -0.2) is 4.58 Å². The van der Waals surface area contributed by atoms with Crippen LogP contribution in [0.3, 0.4) is 0 Å².